The van der Waals surface area contributed by atoms with E-state index in [0.717, 1.165) is 10.8 Å². The number of hydrogen-bond acceptors (Lipinski definition) is 5. The van der Waals surface area contributed by atoms with Crippen molar-refractivity contribution in [1.82, 2.24) is 8.54 Å². The number of halogens is 1. The van der Waals surface area contributed by atoms with Gasteiger partial charge in [-0.1, -0.05) is 41.9 Å². The summed E-state index contributed by atoms with van der Waals surface area (Å²) in [6.07, 6.45) is 1.03. The van der Waals surface area contributed by atoms with Crippen LogP contribution in [0.4, 0.5) is 0 Å². The third-order valence-corrected chi connectivity index (χ3v) is 6.22. The average molecular weight is 443 g/mol. The first-order valence-electron chi connectivity index (χ1n) is 8.75. The normalized spacial score (nSPS) is 11.4. The number of para-hydroxylation sites is 3. The van der Waals surface area contributed by atoms with Crippen molar-refractivity contribution in [3.05, 3.63) is 101 Å². The molecule has 0 saturated heterocycles. The third kappa shape index (κ3) is 3.58. The molecule has 0 amide bonds. The second-order valence-corrected chi connectivity index (χ2v) is 8.47. The molecule has 30 heavy (non-hydrogen) atoms. The van der Waals surface area contributed by atoms with E-state index in [-0.39, 0.29) is 10.6 Å². The molecule has 9 heteroatoms. The quantitative estimate of drug-likeness (QED) is 0.504. The molecule has 0 unspecified atom stereocenters. The van der Waals surface area contributed by atoms with Gasteiger partial charge in [-0.15, -0.1) is 3.97 Å². The van der Waals surface area contributed by atoms with Crippen molar-refractivity contribution in [3.63, 3.8) is 0 Å². The Kier molecular flexibility index (Phi) is 5.11. The van der Waals surface area contributed by atoms with E-state index in [4.69, 9.17) is 16.3 Å². The van der Waals surface area contributed by atoms with Crippen molar-refractivity contribution in [2.75, 3.05) is 0 Å². The third-order valence-electron chi connectivity index (χ3n) is 4.28. The van der Waals surface area contributed by atoms with Gasteiger partial charge in [0.1, 0.15) is 5.75 Å². The summed E-state index contributed by atoms with van der Waals surface area (Å²) in [5, 5.41) is 10.6. The van der Waals surface area contributed by atoms with E-state index in [0.29, 0.717) is 20.5 Å². The highest BCUT2D eigenvalue weighted by Gasteiger charge is 2.26. The highest BCUT2D eigenvalue weighted by Crippen LogP contribution is 2.29. The maximum atomic E-state index is 13.0. The number of nitrogens with zero attached hydrogens (tertiary/aromatic N) is 2. The maximum absolute atomic E-state index is 13.0. The van der Waals surface area contributed by atoms with Crippen molar-refractivity contribution in [1.29, 1.82) is 0 Å². The number of aromatic hydroxyl groups is 1. The molecule has 0 radical (unpaired) electrons. The number of hydrogen-bond donors (Lipinski definition) is 1. The van der Waals surface area contributed by atoms with E-state index in [1.165, 1.54) is 24.3 Å². The summed E-state index contributed by atoms with van der Waals surface area (Å²) in [6.45, 7) is 0. The Morgan fingerprint density at radius 3 is 2.20 bits per heavy atom. The molecule has 0 aliphatic carbocycles. The fourth-order valence-electron chi connectivity index (χ4n) is 2.89. The summed E-state index contributed by atoms with van der Waals surface area (Å²) in [4.78, 5) is 12.8. The van der Waals surface area contributed by atoms with Crippen LogP contribution in [0.5, 0.6) is 17.4 Å². The second kappa shape index (κ2) is 7.74. The van der Waals surface area contributed by atoms with Crippen LogP contribution in [-0.4, -0.2) is 22.1 Å². The van der Waals surface area contributed by atoms with E-state index < -0.39 is 21.6 Å². The summed E-state index contributed by atoms with van der Waals surface area (Å²) >= 11 is 5.81. The van der Waals surface area contributed by atoms with Gasteiger partial charge < -0.3 is 9.84 Å². The molecule has 0 aliphatic heterocycles. The number of benzene rings is 3. The topological polar surface area (TPSA) is 90.5 Å². The minimum absolute atomic E-state index is 0.184. The molecule has 152 valence electrons. The second-order valence-electron chi connectivity index (χ2n) is 6.25. The molecule has 0 saturated carbocycles. The van der Waals surface area contributed by atoms with Gasteiger partial charge in [0.15, 0.2) is 5.75 Å². The Hall–Kier alpha value is -3.49. The van der Waals surface area contributed by atoms with Gasteiger partial charge in [0.2, 0.25) is 5.88 Å². The fraction of sp³-hybridized carbons (Fsp3) is 0. The van der Waals surface area contributed by atoms with Gasteiger partial charge in [0.25, 0.3) is 10.0 Å². The zero-order chi connectivity index (χ0) is 21.3. The highest BCUT2D eigenvalue weighted by atomic mass is 35.5. The Balaban J connectivity index is 1.82. The van der Waals surface area contributed by atoms with Crippen LogP contribution in [0.1, 0.15) is 0 Å². The van der Waals surface area contributed by atoms with Crippen molar-refractivity contribution in [3.8, 4) is 23.1 Å². The minimum atomic E-state index is -4.34. The molecule has 0 aliphatic rings. The van der Waals surface area contributed by atoms with Gasteiger partial charge in [0.05, 0.1) is 16.8 Å². The van der Waals surface area contributed by atoms with Crippen LogP contribution in [0.3, 0.4) is 0 Å². The lowest BCUT2D eigenvalue weighted by Gasteiger charge is -2.11. The van der Waals surface area contributed by atoms with Crippen LogP contribution in [0.15, 0.2) is 94.7 Å². The zero-order valence-corrected chi connectivity index (χ0v) is 16.9. The van der Waals surface area contributed by atoms with Crippen LogP contribution in [0.25, 0.3) is 5.69 Å². The lowest BCUT2D eigenvalue weighted by atomic mass is 10.3. The molecule has 1 heterocycles. The van der Waals surface area contributed by atoms with E-state index in [9.17, 15) is 18.3 Å². The van der Waals surface area contributed by atoms with Gasteiger partial charge in [-0.3, -0.25) is 4.57 Å². The van der Waals surface area contributed by atoms with E-state index in [1.807, 2.05) is 6.07 Å². The van der Waals surface area contributed by atoms with Crippen LogP contribution < -0.4 is 10.4 Å². The Morgan fingerprint density at radius 2 is 1.50 bits per heavy atom. The molecule has 0 atom stereocenters. The van der Waals surface area contributed by atoms with Gasteiger partial charge in [0, 0.05) is 5.02 Å². The molecule has 0 bridgehead atoms. The molecule has 1 aromatic heterocycles. The van der Waals surface area contributed by atoms with E-state index >= 15 is 0 Å². The zero-order valence-electron chi connectivity index (χ0n) is 15.3. The van der Waals surface area contributed by atoms with Crippen molar-refractivity contribution >= 4 is 21.6 Å². The largest absolute Gasteiger partial charge is 0.493 e. The number of aromatic nitrogens is 2. The molecule has 4 rings (SSSR count). The maximum Gasteiger partial charge on any atom is 0.350 e. The Labute approximate surface area is 177 Å². The molecular weight excluding hydrogens is 428 g/mol. The predicted octanol–water partition coefficient (Wildman–Crippen LogP) is 4.03. The molecule has 7 nitrogen and oxygen atoms in total. The molecular formula is C21H15ClN2O5S. The van der Waals surface area contributed by atoms with Crippen molar-refractivity contribution in [2.45, 2.75) is 4.90 Å². The number of rotatable bonds is 5. The first-order chi connectivity index (χ1) is 14.4. The SMILES string of the molecule is O=c1n(-c2ccccc2Oc2ccccc2)cc(O)n1S(=O)(=O)c1ccc(Cl)cc1. The molecule has 0 spiro atoms. The summed E-state index contributed by atoms with van der Waals surface area (Å²) in [5.74, 6) is 0.117. The molecule has 4 aromatic rings. The minimum Gasteiger partial charge on any atom is -0.493 e. The fourth-order valence-corrected chi connectivity index (χ4v) is 4.29. The Bertz CT molecular complexity index is 1360. The number of imidazole rings is 1. The van der Waals surface area contributed by atoms with Crippen LogP contribution in [-0.2, 0) is 10.0 Å². The summed E-state index contributed by atoms with van der Waals surface area (Å²) in [5.41, 5.74) is -0.696. The summed E-state index contributed by atoms with van der Waals surface area (Å²) < 4.78 is 33.0. The van der Waals surface area contributed by atoms with Gasteiger partial charge in [-0.05, 0) is 48.5 Å². The van der Waals surface area contributed by atoms with Crippen LogP contribution in [0, 0.1) is 0 Å². The Morgan fingerprint density at radius 1 is 0.867 bits per heavy atom. The first-order valence-corrected chi connectivity index (χ1v) is 10.6. The van der Waals surface area contributed by atoms with E-state index in [2.05, 4.69) is 0 Å². The van der Waals surface area contributed by atoms with Crippen LogP contribution >= 0.6 is 11.6 Å². The monoisotopic (exact) mass is 442 g/mol. The standard InChI is InChI=1S/C21H15ClN2O5S/c22-15-10-12-17(13-11-15)30(27,28)24-20(25)14-23(21(24)26)18-8-4-5-9-19(18)29-16-6-2-1-3-7-16/h1-14,25H. The highest BCUT2D eigenvalue weighted by molar-refractivity contribution is 7.90. The van der Waals surface area contributed by atoms with Crippen LogP contribution in [0.2, 0.25) is 5.02 Å². The first kappa shape index (κ1) is 19.8. The average Bonchev–Trinajstić information content (AvgIpc) is 3.04. The lowest BCUT2D eigenvalue weighted by molar-refractivity contribution is 0.443. The summed E-state index contributed by atoms with van der Waals surface area (Å²) in [7, 11) is -4.34. The predicted molar refractivity (Wildman–Crippen MR) is 112 cm³/mol. The lowest BCUT2D eigenvalue weighted by Crippen LogP contribution is -2.29. The number of ether oxygens (including phenoxy) is 1. The van der Waals surface area contributed by atoms with Crippen molar-refractivity contribution in [2.24, 2.45) is 0 Å². The summed E-state index contributed by atoms with van der Waals surface area (Å²) in [6, 6.07) is 20.8. The van der Waals surface area contributed by atoms with E-state index in [1.54, 1.807) is 48.5 Å². The molecule has 1 N–H and O–H groups in total. The molecule has 3 aromatic carbocycles. The van der Waals surface area contributed by atoms with Gasteiger partial charge in [-0.25, -0.2) is 13.2 Å². The molecule has 0 fully saturated rings. The van der Waals surface area contributed by atoms with Crippen molar-refractivity contribution < 1.29 is 18.3 Å². The van der Waals surface area contributed by atoms with Gasteiger partial charge in [-0.2, -0.15) is 0 Å². The smallest absolute Gasteiger partial charge is 0.350 e. The van der Waals surface area contributed by atoms with Gasteiger partial charge >= 0.3 is 5.69 Å².